The maximum Gasteiger partial charge on any atom is 0.240 e. The van der Waals surface area contributed by atoms with Crippen molar-refractivity contribution in [3.05, 3.63) is 60.2 Å². The molecule has 1 N–H and O–H groups in total. The van der Waals surface area contributed by atoms with Crippen LogP contribution in [0.5, 0.6) is 0 Å². The van der Waals surface area contributed by atoms with Crippen LogP contribution in [0.15, 0.2) is 54.6 Å². The second-order valence-corrected chi connectivity index (χ2v) is 9.03. The van der Waals surface area contributed by atoms with Crippen LogP contribution in [0.1, 0.15) is 25.3 Å². The van der Waals surface area contributed by atoms with Gasteiger partial charge in [-0.25, -0.2) is 8.42 Å². The summed E-state index contributed by atoms with van der Waals surface area (Å²) < 4.78 is 25.5. The first-order chi connectivity index (χ1) is 13.2. The fourth-order valence-corrected chi connectivity index (χ4v) is 3.64. The van der Waals surface area contributed by atoms with Crippen LogP contribution in [-0.2, 0) is 14.8 Å². The molecular formula is C21H29N3O3S. The number of likely N-dealkylation sites (N-methyl/N-ethyl adjacent to an activating group) is 1. The Morgan fingerprint density at radius 2 is 1.61 bits per heavy atom. The standard InChI is InChI=1S/C21H29N3O3S/c1-17(2)18-10-12-20(13-11-18)24(28(4,26)27)16-21(25)22-14-15-23(3)19-8-6-5-7-9-19/h5-13,17H,14-16H2,1-4H3,(H,22,25). The van der Waals surface area contributed by atoms with E-state index in [0.29, 0.717) is 24.7 Å². The number of nitrogens with one attached hydrogen (secondary N) is 1. The summed E-state index contributed by atoms with van der Waals surface area (Å²) in [4.78, 5) is 14.4. The van der Waals surface area contributed by atoms with Crippen molar-refractivity contribution in [2.75, 3.05) is 42.1 Å². The smallest absolute Gasteiger partial charge is 0.240 e. The van der Waals surface area contributed by atoms with E-state index in [1.807, 2.05) is 54.4 Å². The number of anilines is 2. The number of para-hydroxylation sites is 1. The normalized spacial score (nSPS) is 11.3. The Morgan fingerprint density at radius 3 is 2.14 bits per heavy atom. The van der Waals surface area contributed by atoms with Crippen molar-refractivity contribution < 1.29 is 13.2 Å². The highest BCUT2D eigenvalue weighted by Gasteiger charge is 2.20. The van der Waals surface area contributed by atoms with Crippen molar-refractivity contribution in [2.24, 2.45) is 0 Å². The van der Waals surface area contributed by atoms with Gasteiger partial charge in [0.2, 0.25) is 15.9 Å². The number of amides is 1. The van der Waals surface area contributed by atoms with Crippen molar-refractivity contribution in [1.82, 2.24) is 5.32 Å². The van der Waals surface area contributed by atoms with E-state index in [9.17, 15) is 13.2 Å². The molecule has 0 atom stereocenters. The fourth-order valence-electron chi connectivity index (χ4n) is 2.79. The summed E-state index contributed by atoms with van der Waals surface area (Å²) >= 11 is 0. The lowest BCUT2D eigenvalue weighted by atomic mass is 10.0. The van der Waals surface area contributed by atoms with Crippen LogP contribution in [0.3, 0.4) is 0 Å². The lowest BCUT2D eigenvalue weighted by Gasteiger charge is -2.23. The number of hydrogen-bond acceptors (Lipinski definition) is 4. The monoisotopic (exact) mass is 403 g/mol. The Hall–Kier alpha value is -2.54. The minimum Gasteiger partial charge on any atom is -0.373 e. The number of sulfonamides is 1. The van der Waals surface area contributed by atoms with Crippen LogP contribution in [0, 0.1) is 0 Å². The van der Waals surface area contributed by atoms with Crippen molar-refractivity contribution >= 4 is 27.3 Å². The molecule has 6 nitrogen and oxygen atoms in total. The van der Waals surface area contributed by atoms with E-state index in [-0.39, 0.29) is 12.5 Å². The van der Waals surface area contributed by atoms with E-state index in [4.69, 9.17) is 0 Å². The first kappa shape index (κ1) is 21.8. The molecule has 0 bridgehead atoms. The largest absolute Gasteiger partial charge is 0.373 e. The molecule has 0 spiro atoms. The highest BCUT2D eigenvalue weighted by atomic mass is 32.2. The van der Waals surface area contributed by atoms with E-state index >= 15 is 0 Å². The zero-order chi connectivity index (χ0) is 20.7. The van der Waals surface area contributed by atoms with Crippen LogP contribution in [0.25, 0.3) is 0 Å². The summed E-state index contributed by atoms with van der Waals surface area (Å²) in [6.07, 6.45) is 1.11. The van der Waals surface area contributed by atoms with Crippen LogP contribution in [0.4, 0.5) is 11.4 Å². The predicted octanol–water partition coefficient (Wildman–Crippen LogP) is 2.83. The molecule has 1 amide bonds. The number of hydrogen-bond donors (Lipinski definition) is 1. The molecule has 152 valence electrons. The number of carbonyl (C=O) groups excluding carboxylic acids is 1. The summed E-state index contributed by atoms with van der Waals surface area (Å²) in [5.41, 5.74) is 2.66. The summed E-state index contributed by atoms with van der Waals surface area (Å²) in [7, 11) is -1.62. The molecule has 7 heteroatoms. The van der Waals surface area contributed by atoms with Gasteiger partial charge < -0.3 is 10.2 Å². The maximum absolute atomic E-state index is 12.3. The predicted molar refractivity (Wildman–Crippen MR) is 115 cm³/mol. The highest BCUT2D eigenvalue weighted by molar-refractivity contribution is 7.92. The molecule has 0 unspecified atom stereocenters. The molecule has 0 radical (unpaired) electrons. The van der Waals surface area contributed by atoms with Crippen molar-refractivity contribution in [1.29, 1.82) is 0 Å². The van der Waals surface area contributed by atoms with Gasteiger partial charge in [0.25, 0.3) is 0 Å². The van der Waals surface area contributed by atoms with Gasteiger partial charge in [-0.2, -0.15) is 0 Å². The van der Waals surface area contributed by atoms with E-state index in [2.05, 4.69) is 19.2 Å². The molecule has 0 saturated carbocycles. The lowest BCUT2D eigenvalue weighted by Crippen LogP contribution is -2.42. The van der Waals surface area contributed by atoms with Crippen molar-refractivity contribution in [3.63, 3.8) is 0 Å². The summed E-state index contributed by atoms with van der Waals surface area (Å²) in [6, 6.07) is 17.1. The number of rotatable bonds is 9. The highest BCUT2D eigenvalue weighted by Crippen LogP contribution is 2.21. The third-order valence-corrected chi connectivity index (χ3v) is 5.64. The molecule has 2 aromatic carbocycles. The Morgan fingerprint density at radius 1 is 1.00 bits per heavy atom. The van der Waals surface area contributed by atoms with Crippen LogP contribution in [0.2, 0.25) is 0 Å². The molecule has 0 aromatic heterocycles. The van der Waals surface area contributed by atoms with Gasteiger partial charge in [-0.3, -0.25) is 9.10 Å². The molecule has 0 fully saturated rings. The quantitative estimate of drug-likeness (QED) is 0.699. The number of nitrogens with zero attached hydrogens (tertiary/aromatic N) is 2. The van der Waals surface area contributed by atoms with E-state index in [0.717, 1.165) is 21.8 Å². The number of benzene rings is 2. The maximum atomic E-state index is 12.3. The SMILES string of the molecule is CC(C)c1ccc(N(CC(=O)NCCN(C)c2ccccc2)S(C)(=O)=O)cc1. The molecule has 0 heterocycles. The van der Waals surface area contributed by atoms with Gasteiger partial charge in [0.15, 0.2) is 0 Å². The molecule has 28 heavy (non-hydrogen) atoms. The first-order valence-corrected chi connectivity index (χ1v) is 11.1. The zero-order valence-electron chi connectivity index (χ0n) is 16.9. The van der Waals surface area contributed by atoms with Gasteiger partial charge in [-0.05, 0) is 35.7 Å². The minimum absolute atomic E-state index is 0.241. The lowest BCUT2D eigenvalue weighted by molar-refractivity contribution is -0.119. The molecular weight excluding hydrogens is 374 g/mol. The van der Waals surface area contributed by atoms with Gasteiger partial charge in [-0.1, -0.05) is 44.2 Å². The first-order valence-electron chi connectivity index (χ1n) is 9.29. The Balaban J connectivity index is 1.96. The minimum atomic E-state index is -3.57. The van der Waals surface area contributed by atoms with Crippen LogP contribution < -0.4 is 14.5 Å². The van der Waals surface area contributed by atoms with Crippen LogP contribution in [-0.4, -0.2) is 47.3 Å². The average molecular weight is 404 g/mol. The van der Waals surface area contributed by atoms with Gasteiger partial charge >= 0.3 is 0 Å². The van der Waals surface area contributed by atoms with Crippen molar-refractivity contribution in [2.45, 2.75) is 19.8 Å². The molecule has 0 aliphatic rings. The molecule has 0 saturated heterocycles. The van der Waals surface area contributed by atoms with Gasteiger partial charge in [0, 0.05) is 25.8 Å². The summed E-state index contributed by atoms with van der Waals surface area (Å²) in [5.74, 6) is 0.0189. The van der Waals surface area contributed by atoms with Gasteiger partial charge in [0.1, 0.15) is 6.54 Å². The third kappa shape index (κ3) is 6.27. The summed E-state index contributed by atoms with van der Waals surface area (Å²) in [6.45, 7) is 4.95. The van der Waals surface area contributed by atoms with E-state index in [1.165, 1.54) is 0 Å². The average Bonchev–Trinajstić information content (AvgIpc) is 2.66. The molecule has 2 aromatic rings. The van der Waals surface area contributed by atoms with E-state index < -0.39 is 10.0 Å². The Bertz CT molecular complexity index is 866. The molecule has 2 rings (SSSR count). The van der Waals surface area contributed by atoms with E-state index in [1.54, 1.807) is 12.1 Å². The summed E-state index contributed by atoms with van der Waals surface area (Å²) in [5, 5.41) is 2.80. The molecule has 0 aliphatic heterocycles. The third-order valence-electron chi connectivity index (χ3n) is 4.50. The van der Waals surface area contributed by atoms with Crippen LogP contribution >= 0.6 is 0 Å². The number of carbonyl (C=O) groups is 1. The second kappa shape index (κ2) is 9.59. The Labute approximate surface area is 168 Å². The Kier molecular flexibility index (Phi) is 7.45. The fraction of sp³-hybridized carbons (Fsp3) is 0.381. The second-order valence-electron chi connectivity index (χ2n) is 7.12. The van der Waals surface area contributed by atoms with Gasteiger partial charge in [0.05, 0.1) is 11.9 Å². The van der Waals surface area contributed by atoms with Gasteiger partial charge in [-0.15, -0.1) is 0 Å². The van der Waals surface area contributed by atoms with Crippen molar-refractivity contribution in [3.8, 4) is 0 Å². The zero-order valence-corrected chi connectivity index (χ0v) is 17.7. The molecule has 0 aliphatic carbocycles. The topological polar surface area (TPSA) is 69.7 Å².